The number of sulfonamides is 1. The molecule has 5 rings (SSSR count). The highest BCUT2D eigenvalue weighted by Crippen LogP contribution is 2.41. The summed E-state index contributed by atoms with van der Waals surface area (Å²) in [6.07, 6.45) is 0. The molecular weight excluding hydrogens is 456 g/mol. The maximum Gasteiger partial charge on any atom is 0.257 e. The molecule has 0 unspecified atom stereocenters. The second-order valence-electron chi connectivity index (χ2n) is 7.79. The lowest BCUT2D eigenvalue weighted by Crippen LogP contribution is -2.30. The maximum absolute atomic E-state index is 12.9. The molecule has 0 saturated carbocycles. The Kier molecular flexibility index (Phi) is 6.34. The van der Waals surface area contributed by atoms with Gasteiger partial charge in [-0.2, -0.15) is 0 Å². The zero-order valence-corrected chi connectivity index (χ0v) is 19.5. The normalized spacial score (nSPS) is 11.2. The first kappa shape index (κ1) is 22.5. The van der Waals surface area contributed by atoms with Gasteiger partial charge in [-0.1, -0.05) is 109 Å². The molecule has 5 aromatic rings. The fourth-order valence-electron chi connectivity index (χ4n) is 3.87. The van der Waals surface area contributed by atoms with Crippen molar-refractivity contribution in [1.82, 2.24) is 15.0 Å². The van der Waals surface area contributed by atoms with E-state index < -0.39 is 10.0 Å². The molecular formula is C28H22N4O2S. The summed E-state index contributed by atoms with van der Waals surface area (Å²) in [4.78, 5) is 2.60. The molecule has 0 fully saturated rings. The Hall–Kier alpha value is -4.33. The van der Waals surface area contributed by atoms with Crippen molar-refractivity contribution >= 4 is 15.8 Å². The summed E-state index contributed by atoms with van der Waals surface area (Å²) in [5.41, 5.74) is 7.84. The quantitative estimate of drug-likeness (QED) is 0.290. The second kappa shape index (κ2) is 9.89. The largest absolute Gasteiger partial charge is 0.290 e. The van der Waals surface area contributed by atoms with Crippen LogP contribution in [0.5, 0.6) is 0 Å². The number of anilines is 1. The topological polar surface area (TPSA) is 84.0 Å². The summed E-state index contributed by atoms with van der Waals surface area (Å²) < 4.78 is 25.7. The van der Waals surface area contributed by atoms with Crippen molar-refractivity contribution < 1.29 is 8.42 Å². The first-order chi connectivity index (χ1) is 17.1. The Morgan fingerprint density at radius 1 is 0.514 bits per heavy atom. The number of nitrogens with zero attached hydrogens (tertiary/aromatic N) is 2. The van der Waals surface area contributed by atoms with Gasteiger partial charge in [0.05, 0.1) is 4.90 Å². The summed E-state index contributed by atoms with van der Waals surface area (Å²) >= 11 is 0. The Morgan fingerprint density at radius 2 is 0.971 bits per heavy atom. The molecule has 35 heavy (non-hydrogen) atoms. The minimum Gasteiger partial charge on any atom is -0.290 e. The Balaban J connectivity index is 1.70. The van der Waals surface area contributed by atoms with Crippen LogP contribution >= 0.6 is 0 Å². The third kappa shape index (κ3) is 4.82. The minimum absolute atomic E-state index is 0.144. The highest BCUT2D eigenvalue weighted by Gasteiger charge is 2.22. The van der Waals surface area contributed by atoms with Gasteiger partial charge in [0.25, 0.3) is 10.0 Å². The van der Waals surface area contributed by atoms with Crippen LogP contribution in [0.2, 0.25) is 0 Å². The van der Waals surface area contributed by atoms with E-state index in [1.54, 1.807) is 18.2 Å². The molecule has 1 aromatic heterocycles. The molecule has 0 aliphatic rings. The van der Waals surface area contributed by atoms with Gasteiger partial charge in [0, 0.05) is 16.7 Å². The molecule has 0 aliphatic heterocycles. The SMILES string of the molecule is O=S(=O)(NNc1nnc(-c2ccccc2)c(-c2ccccc2)c1-c1ccccc1)c1ccccc1. The van der Waals surface area contributed by atoms with Gasteiger partial charge in [-0.3, -0.25) is 5.43 Å². The number of hydrogen-bond acceptors (Lipinski definition) is 5. The molecule has 0 spiro atoms. The third-order valence-corrected chi connectivity index (χ3v) is 6.77. The van der Waals surface area contributed by atoms with Crippen LogP contribution in [0.25, 0.3) is 33.5 Å². The maximum atomic E-state index is 12.9. The van der Waals surface area contributed by atoms with Crippen LogP contribution in [-0.4, -0.2) is 18.6 Å². The van der Waals surface area contributed by atoms with E-state index in [1.807, 2.05) is 91.0 Å². The van der Waals surface area contributed by atoms with Crippen LogP contribution in [0.15, 0.2) is 126 Å². The van der Waals surface area contributed by atoms with Gasteiger partial charge in [0.1, 0.15) is 5.69 Å². The molecule has 1 heterocycles. The number of hydrogen-bond donors (Lipinski definition) is 2. The average Bonchev–Trinajstić information content (AvgIpc) is 2.93. The zero-order valence-electron chi connectivity index (χ0n) is 18.7. The molecule has 172 valence electrons. The van der Waals surface area contributed by atoms with E-state index >= 15 is 0 Å². The lowest BCUT2D eigenvalue weighted by atomic mass is 9.91. The van der Waals surface area contributed by atoms with Crippen molar-refractivity contribution in [1.29, 1.82) is 0 Å². The molecule has 0 saturated heterocycles. The third-order valence-electron chi connectivity index (χ3n) is 5.50. The van der Waals surface area contributed by atoms with E-state index in [0.717, 1.165) is 27.8 Å². The number of aromatic nitrogens is 2. The van der Waals surface area contributed by atoms with Gasteiger partial charge in [0.2, 0.25) is 0 Å². The summed E-state index contributed by atoms with van der Waals surface area (Å²) in [7, 11) is -3.83. The number of hydrazine groups is 1. The van der Waals surface area contributed by atoms with E-state index in [0.29, 0.717) is 11.5 Å². The second-order valence-corrected chi connectivity index (χ2v) is 9.47. The van der Waals surface area contributed by atoms with Crippen LogP contribution in [0.3, 0.4) is 0 Å². The first-order valence-electron chi connectivity index (χ1n) is 11.0. The van der Waals surface area contributed by atoms with E-state index in [4.69, 9.17) is 0 Å². The van der Waals surface area contributed by atoms with Crippen molar-refractivity contribution in [2.45, 2.75) is 4.90 Å². The molecule has 0 radical (unpaired) electrons. The van der Waals surface area contributed by atoms with Gasteiger partial charge in [-0.05, 0) is 23.3 Å². The molecule has 7 heteroatoms. The van der Waals surface area contributed by atoms with Crippen molar-refractivity contribution in [3.05, 3.63) is 121 Å². The zero-order chi connectivity index (χ0) is 24.1. The smallest absolute Gasteiger partial charge is 0.257 e. The monoisotopic (exact) mass is 478 g/mol. The van der Waals surface area contributed by atoms with E-state index in [-0.39, 0.29) is 4.90 Å². The van der Waals surface area contributed by atoms with Crippen molar-refractivity contribution in [2.75, 3.05) is 5.43 Å². The fraction of sp³-hybridized carbons (Fsp3) is 0. The minimum atomic E-state index is -3.83. The molecule has 0 bridgehead atoms. The van der Waals surface area contributed by atoms with Gasteiger partial charge in [0.15, 0.2) is 5.82 Å². The lowest BCUT2D eigenvalue weighted by Gasteiger charge is -2.19. The van der Waals surface area contributed by atoms with Gasteiger partial charge >= 0.3 is 0 Å². The van der Waals surface area contributed by atoms with Gasteiger partial charge in [-0.15, -0.1) is 15.0 Å². The highest BCUT2D eigenvalue weighted by atomic mass is 32.2. The van der Waals surface area contributed by atoms with Crippen LogP contribution in [0, 0.1) is 0 Å². The predicted octanol–water partition coefficient (Wildman–Crippen LogP) is 5.78. The molecule has 0 atom stereocenters. The summed E-state index contributed by atoms with van der Waals surface area (Å²) in [5.74, 6) is 0.300. The Bertz CT molecular complexity index is 1530. The highest BCUT2D eigenvalue weighted by molar-refractivity contribution is 7.89. The van der Waals surface area contributed by atoms with Crippen molar-refractivity contribution in [3.63, 3.8) is 0 Å². The number of benzene rings is 4. The molecule has 4 aromatic carbocycles. The number of rotatable bonds is 7. The van der Waals surface area contributed by atoms with E-state index in [2.05, 4.69) is 20.5 Å². The van der Waals surface area contributed by atoms with Crippen molar-refractivity contribution in [3.8, 4) is 33.5 Å². The fourth-order valence-corrected chi connectivity index (χ4v) is 4.73. The van der Waals surface area contributed by atoms with Gasteiger partial charge in [-0.25, -0.2) is 8.42 Å². The van der Waals surface area contributed by atoms with Crippen LogP contribution in [0.1, 0.15) is 0 Å². The summed E-state index contributed by atoms with van der Waals surface area (Å²) in [6, 6.07) is 37.6. The molecule has 6 nitrogen and oxygen atoms in total. The van der Waals surface area contributed by atoms with Crippen LogP contribution < -0.4 is 10.3 Å². The summed E-state index contributed by atoms with van der Waals surface area (Å²) in [5, 5.41) is 8.96. The van der Waals surface area contributed by atoms with Gasteiger partial charge < -0.3 is 0 Å². The molecule has 0 aliphatic carbocycles. The Labute approximate surface area is 204 Å². The molecule has 2 N–H and O–H groups in total. The standard InChI is InChI=1S/C28H22N4O2S/c33-35(34,24-19-11-4-12-20-24)32-31-28-26(22-15-7-2-8-16-22)25(21-13-5-1-6-14-21)27(29-30-28)23-17-9-3-10-18-23/h1-20,32H,(H,30,31). The lowest BCUT2D eigenvalue weighted by molar-refractivity contribution is 0.587. The van der Waals surface area contributed by atoms with Crippen molar-refractivity contribution in [2.24, 2.45) is 0 Å². The van der Waals surface area contributed by atoms with E-state index in [9.17, 15) is 8.42 Å². The molecule has 0 amide bonds. The summed E-state index contributed by atoms with van der Waals surface area (Å²) in [6.45, 7) is 0. The average molecular weight is 479 g/mol. The van der Waals surface area contributed by atoms with E-state index in [1.165, 1.54) is 12.1 Å². The predicted molar refractivity (Wildman–Crippen MR) is 139 cm³/mol. The van der Waals surface area contributed by atoms with Crippen LogP contribution in [0.4, 0.5) is 5.82 Å². The number of nitrogens with one attached hydrogen (secondary N) is 2. The Morgan fingerprint density at radius 3 is 1.51 bits per heavy atom. The first-order valence-corrected chi connectivity index (χ1v) is 12.5. The van der Waals surface area contributed by atoms with Crippen LogP contribution in [-0.2, 0) is 10.0 Å².